The topological polar surface area (TPSA) is 69.8 Å². The van der Waals surface area contributed by atoms with Gasteiger partial charge in [-0.2, -0.15) is 0 Å². The summed E-state index contributed by atoms with van der Waals surface area (Å²) >= 11 is 0. The summed E-state index contributed by atoms with van der Waals surface area (Å²) in [7, 11) is 0. The Morgan fingerprint density at radius 3 is 2.88 bits per heavy atom. The smallest absolute Gasteiger partial charge is 0.216 e. The van der Waals surface area contributed by atoms with Crippen LogP contribution in [0.4, 0.5) is 0 Å². The fraction of sp³-hybridized carbons (Fsp3) is 0.263. The summed E-state index contributed by atoms with van der Waals surface area (Å²) in [5, 5.41) is 6.10. The SMILES string of the molecule is CC(=O)NCCNCc1cccc(-c2nc3ccc(C)cc3[nH]2)c1. The normalized spacial score (nSPS) is 10.9. The standard InChI is InChI=1S/C19H22N4O/c1-13-6-7-17-18(10-13)23-19(22-17)16-5-3-4-15(11-16)12-20-8-9-21-14(2)24/h3-7,10-11,20H,8-9,12H2,1-2H3,(H,21,24)(H,22,23). The zero-order chi connectivity index (χ0) is 16.9. The molecule has 24 heavy (non-hydrogen) atoms. The Labute approximate surface area is 141 Å². The van der Waals surface area contributed by atoms with Crippen molar-refractivity contribution in [2.75, 3.05) is 13.1 Å². The molecule has 3 rings (SSSR count). The minimum atomic E-state index is -0.00100. The summed E-state index contributed by atoms with van der Waals surface area (Å²) in [5.74, 6) is 0.884. The molecule has 5 nitrogen and oxygen atoms in total. The third kappa shape index (κ3) is 4.00. The highest BCUT2D eigenvalue weighted by molar-refractivity contribution is 5.80. The second kappa shape index (κ2) is 7.27. The van der Waals surface area contributed by atoms with Crippen LogP contribution in [0.25, 0.3) is 22.4 Å². The molecule has 0 unspecified atom stereocenters. The van der Waals surface area contributed by atoms with Gasteiger partial charge < -0.3 is 15.6 Å². The molecule has 1 amide bonds. The Balaban J connectivity index is 1.68. The van der Waals surface area contributed by atoms with E-state index in [-0.39, 0.29) is 5.91 Å². The maximum Gasteiger partial charge on any atom is 0.216 e. The lowest BCUT2D eigenvalue weighted by atomic mass is 10.1. The summed E-state index contributed by atoms with van der Waals surface area (Å²) in [6, 6.07) is 14.5. The summed E-state index contributed by atoms with van der Waals surface area (Å²) in [6.45, 7) is 5.74. The van der Waals surface area contributed by atoms with E-state index in [1.54, 1.807) is 0 Å². The molecular weight excluding hydrogens is 300 g/mol. The summed E-state index contributed by atoms with van der Waals surface area (Å²) in [5.41, 5.74) is 5.52. The van der Waals surface area contributed by atoms with Gasteiger partial charge in [0.15, 0.2) is 0 Å². The fourth-order valence-corrected chi connectivity index (χ4v) is 2.65. The molecule has 0 bridgehead atoms. The second-order valence-electron chi connectivity index (χ2n) is 5.97. The van der Waals surface area contributed by atoms with Gasteiger partial charge in [0.2, 0.25) is 5.91 Å². The lowest BCUT2D eigenvalue weighted by Gasteiger charge is -2.06. The summed E-state index contributed by atoms with van der Waals surface area (Å²) < 4.78 is 0. The number of benzene rings is 2. The fourth-order valence-electron chi connectivity index (χ4n) is 2.65. The quantitative estimate of drug-likeness (QED) is 0.611. The highest BCUT2D eigenvalue weighted by atomic mass is 16.1. The van der Waals surface area contributed by atoms with Crippen molar-refractivity contribution in [3.63, 3.8) is 0 Å². The molecule has 1 heterocycles. The van der Waals surface area contributed by atoms with E-state index in [2.05, 4.69) is 57.9 Å². The maximum absolute atomic E-state index is 10.8. The number of imidazole rings is 1. The van der Waals surface area contributed by atoms with Crippen molar-refractivity contribution in [2.24, 2.45) is 0 Å². The Bertz CT molecular complexity index is 853. The molecule has 0 saturated carbocycles. The number of hydrogen-bond donors (Lipinski definition) is 3. The summed E-state index contributed by atoms with van der Waals surface area (Å²) in [4.78, 5) is 18.9. The highest BCUT2D eigenvalue weighted by Crippen LogP contribution is 2.22. The number of carbonyl (C=O) groups excluding carboxylic acids is 1. The van der Waals surface area contributed by atoms with Gasteiger partial charge in [-0.15, -0.1) is 0 Å². The van der Waals surface area contributed by atoms with Gasteiger partial charge >= 0.3 is 0 Å². The Morgan fingerprint density at radius 2 is 2.04 bits per heavy atom. The molecular formula is C19H22N4O. The van der Waals surface area contributed by atoms with Crippen molar-refractivity contribution < 1.29 is 4.79 Å². The molecule has 0 atom stereocenters. The number of nitrogens with one attached hydrogen (secondary N) is 3. The minimum absolute atomic E-state index is 0.00100. The van der Waals surface area contributed by atoms with Crippen LogP contribution in [0.3, 0.4) is 0 Å². The van der Waals surface area contributed by atoms with Crippen LogP contribution in [0.1, 0.15) is 18.1 Å². The number of aryl methyl sites for hydroxylation is 1. The molecule has 0 fully saturated rings. The van der Waals surface area contributed by atoms with Gasteiger partial charge in [0.05, 0.1) is 11.0 Å². The van der Waals surface area contributed by atoms with Crippen LogP contribution in [0.2, 0.25) is 0 Å². The van der Waals surface area contributed by atoms with Gasteiger partial charge in [0.25, 0.3) is 0 Å². The molecule has 0 aliphatic heterocycles. The molecule has 0 aliphatic rings. The van der Waals surface area contributed by atoms with Crippen molar-refractivity contribution in [2.45, 2.75) is 20.4 Å². The van der Waals surface area contributed by atoms with E-state index in [1.165, 1.54) is 18.1 Å². The third-order valence-corrected chi connectivity index (χ3v) is 3.84. The molecule has 5 heteroatoms. The number of fused-ring (bicyclic) bond motifs is 1. The average molecular weight is 322 g/mol. The van der Waals surface area contributed by atoms with Crippen LogP contribution in [0.5, 0.6) is 0 Å². The number of H-pyrrole nitrogens is 1. The van der Waals surface area contributed by atoms with Gasteiger partial charge in [0, 0.05) is 32.1 Å². The molecule has 124 valence electrons. The number of nitrogens with zero attached hydrogens (tertiary/aromatic N) is 1. The molecule has 2 aromatic carbocycles. The predicted molar refractivity (Wildman–Crippen MR) is 96.7 cm³/mol. The van der Waals surface area contributed by atoms with Crippen molar-refractivity contribution in [3.05, 3.63) is 53.6 Å². The molecule has 0 aliphatic carbocycles. The van der Waals surface area contributed by atoms with Gasteiger partial charge in [0.1, 0.15) is 5.82 Å². The van der Waals surface area contributed by atoms with Crippen LogP contribution in [-0.2, 0) is 11.3 Å². The number of aromatic nitrogens is 2. The number of amides is 1. The van der Waals surface area contributed by atoms with Crippen molar-refractivity contribution in [3.8, 4) is 11.4 Å². The number of hydrogen-bond acceptors (Lipinski definition) is 3. The van der Waals surface area contributed by atoms with Gasteiger partial charge in [-0.1, -0.05) is 24.3 Å². The number of rotatable bonds is 6. The van der Waals surface area contributed by atoms with Gasteiger partial charge in [-0.3, -0.25) is 4.79 Å². The highest BCUT2D eigenvalue weighted by Gasteiger charge is 2.06. The monoisotopic (exact) mass is 322 g/mol. The first-order valence-corrected chi connectivity index (χ1v) is 8.12. The number of carbonyl (C=O) groups is 1. The molecule has 3 aromatic rings. The first-order valence-electron chi connectivity index (χ1n) is 8.12. The molecule has 0 spiro atoms. The first-order chi connectivity index (χ1) is 11.6. The predicted octanol–water partition coefficient (Wildman–Crippen LogP) is 2.76. The van der Waals surface area contributed by atoms with Crippen LogP contribution < -0.4 is 10.6 Å². The van der Waals surface area contributed by atoms with E-state index >= 15 is 0 Å². The Morgan fingerprint density at radius 1 is 1.17 bits per heavy atom. The Kier molecular flexibility index (Phi) is 4.91. The maximum atomic E-state index is 10.8. The van der Waals surface area contributed by atoms with E-state index in [9.17, 15) is 4.79 Å². The van der Waals surface area contributed by atoms with Crippen LogP contribution >= 0.6 is 0 Å². The van der Waals surface area contributed by atoms with Crippen LogP contribution in [-0.4, -0.2) is 29.0 Å². The van der Waals surface area contributed by atoms with E-state index < -0.39 is 0 Å². The largest absolute Gasteiger partial charge is 0.355 e. The molecule has 0 saturated heterocycles. The second-order valence-corrected chi connectivity index (χ2v) is 5.97. The lowest BCUT2D eigenvalue weighted by molar-refractivity contribution is -0.118. The third-order valence-electron chi connectivity index (χ3n) is 3.84. The molecule has 0 radical (unpaired) electrons. The average Bonchev–Trinajstić information content (AvgIpc) is 2.97. The zero-order valence-corrected chi connectivity index (χ0v) is 14.0. The molecule has 3 N–H and O–H groups in total. The van der Waals surface area contributed by atoms with Crippen LogP contribution in [0, 0.1) is 6.92 Å². The molecule has 1 aromatic heterocycles. The van der Waals surface area contributed by atoms with E-state index in [4.69, 9.17) is 0 Å². The Hall–Kier alpha value is -2.66. The minimum Gasteiger partial charge on any atom is -0.355 e. The lowest BCUT2D eigenvalue weighted by Crippen LogP contribution is -2.29. The van der Waals surface area contributed by atoms with Crippen LogP contribution in [0.15, 0.2) is 42.5 Å². The van der Waals surface area contributed by atoms with Gasteiger partial charge in [-0.25, -0.2) is 4.98 Å². The summed E-state index contributed by atoms with van der Waals surface area (Å²) in [6.07, 6.45) is 0. The van der Waals surface area contributed by atoms with Crippen molar-refractivity contribution >= 4 is 16.9 Å². The van der Waals surface area contributed by atoms with Crippen molar-refractivity contribution in [1.29, 1.82) is 0 Å². The first kappa shape index (κ1) is 16.2. The van der Waals surface area contributed by atoms with E-state index in [0.717, 1.165) is 35.5 Å². The van der Waals surface area contributed by atoms with Crippen molar-refractivity contribution in [1.82, 2.24) is 20.6 Å². The van der Waals surface area contributed by atoms with E-state index in [0.29, 0.717) is 6.54 Å². The zero-order valence-electron chi connectivity index (χ0n) is 14.0. The van der Waals surface area contributed by atoms with Gasteiger partial charge in [-0.05, 0) is 36.2 Å². The number of aromatic amines is 1. The van der Waals surface area contributed by atoms with E-state index in [1.807, 2.05) is 12.1 Å².